The van der Waals surface area contributed by atoms with Gasteiger partial charge in [0.1, 0.15) is 0 Å². The van der Waals surface area contributed by atoms with Crippen LogP contribution in [-0.2, 0) is 21.4 Å². The molecule has 0 aliphatic carbocycles. The number of primary sulfonamides is 1. The summed E-state index contributed by atoms with van der Waals surface area (Å²) < 4.78 is 25.2. The van der Waals surface area contributed by atoms with Gasteiger partial charge in [0.05, 0.1) is 27.7 Å². The van der Waals surface area contributed by atoms with E-state index in [-0.39, 0.29) is 16.8 Å². The largest absolute Gasteiger partial charge is 0.334 e. The Kier molecular flexibility index (Phi) is 5.69. The number of hydrogen-bond donors (Lipinski definition) is 1. The SMILES string of the molecule is CCn1c(SCC(=O)N2CCC[C@@H]2c2cccs2)nc2cc(S(N)(=O)=O)ccc21. The number of imidazole rings is 1. The molecule has 3 heterocycles. The molecule has 1 fully saturated rings. The van der Waals surface area contributed by atoms with E-state index in [0.717, 1.165) is 24.9 Å². The van der Waals surface area contributed by atoms with Gasteiger partial charge in [0, 0.05) is 18.0 Å². The molecule has 4 rings (SSSR count). The molecule has 1 aromatic carbocycles. The fourth-order valence-corrected chi connectivity index (χ4v) is 6.10. The number of aromatic nitrogens is 2. The van der Waals surface area contributed by atoms with E-state index in [1.807, 2.05) is 27.8 Å². The first-order valence-electron chi connectivity index (χ1n) is 9.37. The Labute approximate surface area is 178 Å². The zero-order valence-electron chi connectivity index (χ0n) is 15.9. The highest BCUT2D eigenvalue weighted by Gasteiger charge is 2.30. The third-order valence-electron chi connectivity index (χ3n) is 5.10. The van der Waals surface area contributed by atoms with Gasteiger partial charge in [0.2, 0.25) is 15.9 Å². The second-order valence-corrected chi connectivity index (χ2v) is 10.4. The summed E-state index contributed by atoms with van der Waals surface area (Å²) in [6.07, 6.45) is 2.02. The molecule has 2 aromatic heterocycles. The average Bonchev–Trinajstić information content (AvgIpc) is 3.43. The normalized spacial score (nSPS) is 17.3. The van der Waals surface area contributed by atoms with Crippen LogP contribution in [0.15, 0.2) is 45.8 Å². The number of carbonyl (C=O) groups is 1. The smallest absolute Gasteiger partial charge is 0.238 e. The van der Waals surface area contributed by atoms with E-state index in [1.54, 1.807) is 17.4 Å². The minimum Gasteiger partial charge on any atom is -0.334 e. The Bertz CT molecular complexity index is 1140. The molecule has 0 unspecified atom stereocenters. The molecule has 2 N–H and O–H groups in total. The molecule has 0 saturated carbocycles. The molecule has 7 nitrogen and oxygen atoms in total. The summed E-state index contributed by atoms with van der Waals surface area (Å²) in [5, 5.41) is 7.98. The summed E-state index contributed by atoms with van der Waals surface area (Å²) in [6.45, 7) is 3.45. The zero-order chi connectivity index (χ0) is 20.6. The van der Waals surface area contributed by atoms with Gasteiger partial charge in [-0.3, -0.25) is 4.79 Å². The molecular weight excluding hydrogens is 428 g/mol. The Balaban J connectivity index is 1.54. The Morgan fingerprint density at radius 1 is 1.38 bits per heavy atom. The van der Waals surface area contributed by atoms with E-state index in [9.17, 15) is 13.2 Å². The highest BCUT2D eigenvalue weighted by Crippen LogP contribution is 2.35. The predicted octanol–water partition coefficient (Wildman–Crippen LogP) is 3.22. The number of likely N-dealkylation sites (tertiary alicyclic amines) is 1. The van der Waals surface area contributed by atoms with Crippen LogP contribution >= 0.6 is 23.1 Å². The quantitative estimate of drug-likeness (QED) is 0.582. The lowest BCUT2D eigenvalue weighted by atomic mass is 10.2. The predicted molar refractivity (Wildman–Crippen MR) is 116 cm³/mol. The number of nitrogens with zero attached hydrogens (tertiary/aromatic N) is 3. The summed E-state index contributed by atoms with van der Waals surface area (Å²) in [5.74, 6) is 0.401. The van der Waals surface area contributed by atoms with Crippen molar-refractivity contribution in [3.63, 3.8) is 0 Å². The van der Waals surface area contributed by atoms with E-state index in [1.165, 1.54) is 28.8 Å². The number of hydrogen-bond acceptors (Lipinski definition) is 6. The van der Waals surface area contributed by atoms with E-state index in [2.05, 4.69) is 11.1 Å². The van der Waals surface area contributed by atoms with Crippen molar-refractivity contribution in [2.24, 2.45) is 5.14 Å². The topological polar surface area (TPSA) is 98.3 Å². The maximum absolute atomic E-state index is 12.9. The zero-order valence-corrected chi connectivity index (χ0v) is 18.4. The summed E-state index contributed by atoms with van der Waals surface area (Å²) >= 11 is 3.08. The van der Waals surface area contributed by atoms with Crippen LogP contribution in [0.3, 0.4) is 0 Å². The van der Waals surface area contributed by atoms with Crippen LogP contribution in [0, 0.1) is 0 Å². The third-order valence-corrected chi connectivity index (χ3v) is 7.94. The molecule has 1 aliphatic rings. The van der Waals surface area contributed by atoms with Gasteiger partial charge in [-0.1, -0.05) is 17.8 Å². The number of aryl methyl sites for hydroxylation is 1. The van der Waals surface area contributed by atoms with Crippen LogP contribution in [0.4, 0.5) is 0 Å². The molecule has 0 bridgehead atoms. The van der Waals surface area contributed by atoms with Crippen LogP contribution in [0.25, 0.3) is 11.0 Å². The molecule has 0 radical (unpaired) electrons. The van der Waals surface area contributed by atoms with E-state index >= 15 is 0 Å². The summed E-state index contributed by atoms with van der Waals surface area (Å²) in [6, 6.07) is 8.97. The summed E-state index contributed by atoms with van der Waals surface area (Å²) in [7, 11) is -3.78. The second kappa shape index (κ2) is 8.10. The number of rotatable bonds is 6. The molecule has 1 saturated heterocycles. The van der Waals surface area contributed by atoms with Crippen LogP contribution in [0.5, 0.6) is 0 Å². The number of nitrogens with two attached hydrogens (primary N) is 1. The van der Waals surface area contributed by atoms with E-state index in [0.29, 0.717) is 23.0 Å². The minimum atomic E-state index is -3.78. The standard InChI is InChI=1S/C19H22N4O3S3/c1-2-22-15-8-7-13(29(20,25)26)11-14(15)21-19(22)28-12-18(24)23-9-3-5-16(23)17-6-4-10-27-17/h4,6-8,10-11,16H,2-3,5,9,12H2,1H3,(H2,20,25,26)/t16-/m1/s1. The first-order valence-corrected chi connectivity index (χ1v) is 12.8. The van der Waals surface area contributed by atoms with Crippen LogP contribution in [0.1, 0.15) is 30.7 Å². The fourth-order valence-electron chi connectivity index (χ4n) is 3.73. The first kappa shape index (κ1) is 20.4. The van der Waals surface area contributed by atoms with Gasteiger partial charge in [0.15, 0.2) is 5.16 Å². The Morgan fingerprint density at radius 2 is 2.21 bits per heavy atom. The van der Waals surface area contributed by atoms with Gasteiger partial charge >= 0.3 is 0 Å². The van der Waals surface area contributed by atoms with Crippen molar-refractivity contribution in [2.75, 3.05) is 12.3 Å². The first-order chi connectivity index (χ1) is 13.9. The lowest BCUT2D eigenvalue weighted by Crippen LogP contribution is -2.31. The highest BCUT2D eigenvalue weighted by atomic mass is 32.2. The van der Waals surface area contributed by atoms with Crippen molar-refractivity contribution < 1.29 is 13.2 Å². The summed E-state index contributed by atoms with van der Waals surface area (Å²) in [5.41, 5.74) is 1.39. The van der Waals surface area contributed by atoms with Crippen molar-refractivity contribution in [3.8, 4) is 0 Å². The minimum absolute atomic E-state index is 0.0363. The summed E-state index contributed by atoms with van der Waals surface area (Å²) in [4.78, 5) is 20.7. The van der Waals surface area contributed by atoms with Gasteiger partial charge in [-0.25, -0.2) is 18.5 Å². The Hall–Kier alpha value is -1.88. The number of carbonyl (C=O) groups excluding carboxylic acids is 1. The van der Waals surface area contributed by atoms with Crippen molar-refractivity contribution in [3.05, 3.63) is 40.6 Å². The lowest BCUT2D eigenvalue weighted by molar-refractivity contribution is -0.129. The van der Waals surface area contributed by atoms with Crippen molar-refractivity contribution in [1.29, 1.82) is 0 Å². The molecule has 3 aromatic rings. The van der Waals surface area contributed by atoms with Crippen molar-refractivity contribution in [1.82, 2.24) is 14.5 Å². The average molecular weight is 451 g/mol. The molecule has 1 atom stereocenters. The van der Waals surface area contributed by atoms with Crippen LogP contribution < -0.4 is 5.14 Å². The molecular formula is C19H22N4O3S3. The second-order valence-electron chi connectivity index (χ2n) is 6.88. The maximum atomic E-state index is 12.9. The van der Waals surface area contributed by atoms with Gasteiger partial charge in [-0.15, -0.1) is 11.3 Å². The molecule has 0 spiro atoms. The molecule has 29 heavy (non-hydrogen) atoms. The van der Waals surface area contributed by atoms with Crippen molar-refractivity contribution in [2.45, 2.75) is 42.4 Å². The molecule has 154 valence electrons. The molecule has 10 heteroatoms. The number of thioether (sulfide) groups is 1. The Morgan fingerprint density at radius 3 is 2.90 bits per heavy atom. The monoisotopic (exact) mass is 450 g/mol. The van der Waals surface area contributed by atoms with E-state index < -0.39 is 10.0 Å². The maximum Gasteiger partial charge on any atom is 0.238 e. The van der Waals surface area contributed by atoms with Gasteiger partial charge < -0.3 is 9.47 Å². The molecule has 1 amide bonds. The van der Waals surface area contributed by atoms with Gasteiger partial charge in [0.25, 0.3) is 0 Å². The third kappa shape index (κ3) is 4.07. The van der Waals surface area contributed by atoms with Crippen LogP contribution in [-0.4, -0.2) is 41.1 Å². The highest BCUT2D eigenvalue weighted by molar-refractivity contribution is 7.99. The fraction of sp³-hybridized carbons (Fsp3) is 0.368. The molecule has 1 aliphatic heterocycles. The number of sulfonamides is 1. The van der Waals surface area contributed by atoms with Gasteiger partial charge in [-0.2, -0.15) is 0 Å². The number of amides is 1. The number of benzene rings is 1. The van der Waals surface area contributed by atoms with Crippen molar-refractivity contribution >= 4 is 50.1 Å². The number of fused-ring (bicyclic) bond motifs is 1. The van der Waals surface area contributed by atoms with E-state index in [4.69, 9.17) is 5.14 Å². The van der Waals surface area contributed by atoms with Gasteiger partial charge in [-0.05, 0) is 49.4 Å². The number of thiophene rings is 1. The lowest BCUT2D eigenvalue weighted by Gasteiger charge is -2.23. The van der Waals surface area contributed by atoms with Crippen LogP contribution in [0.2, 0.25) is 0 Å².